The van der Waals surface area contributed by atoms with Gasteiger partial charge in [-0.05, 0) is 37.0 Å². The number of rotatable bonds is 4. The fourth-order valence-electron chi connectivity index (χ4n) is 2.76. The Hall–Kier alpha value is -0.610. The van der Waals surface area contributed by atoms with Crippen LogP contribution in [0.4, 0.5) is 0 Å². The van der Waals surface area contributed by atoms with Gasteiger partial charge in [-0.1, -0.05) is 23.7 Å². The Labute approximate surface area is 113 Å². The topological polar surface area (TPSA) is 55.5 Å². The molecule has 0 radical (unpaired) electrons. The highest BCUT2D eigenvalue weighted by atomic mass is 35.5. The molecule has 1 aromatic rings. The lowest BCUT2D eigenvalue weighted by Crippen LogP contribution is -2.41. The van der Waals surface area contributed by atoms with Gasteiger partial charge in [0.1, 0.15) is 0 Å². The van der Waals surface area contributed by atoms with Gasteiger partial charge in [-0.3, -0.25) is 0 Å². The summed E-state index contributed by atoms with van der Waals surface area (Å²) in [6, 6.07) is 7.77. The molecule has 3 nitrogen and oxygen atoms in total. The lowest BCUT2D eigenvalue weighted by atomic mass is 9.70. The van der Waals surface area contributed by atoms with Crippen LogP contribution < -0.4 is 5.73 Å². The van der Waals surface area contributed by atoms with Crippen molar-refractivity contribution in [3.05, 3.63) is 34.9 Å². The number of hydrogen-bond donors (Lipinski definition) is 2. The third kappa shape index (κ3) is 3.04. The van der Waals surface area contributed by atoms with Gasteiger partial charge in [0.2, 0.25) is 0 Å². The van der Waals surface area contributed by atoms with Gasteiger partial charge in [0.15, 0.2) is 0 Å². The minimum atomic E-state index is -0.193. The summed E-state index contributed by atoms with van der Waals surface area (Å²) in [6.07, 6.45) is 2.63. The van der Waals surface area contributed by atoms with E-state index in [4.69, 9.17) is 22.1 Å². The van der Waals surface area contributed by atoms with Crippen LogP contribution >= 0.6 is 11.6 Å². The highest BCUT2D eigenvalue weighted by Crippen LogP contribution is 2.39. The first-order valence-corrected chi connectivity index (χ1v) is 6.74. The molecule has 0 aromatic heterocycles. The number of aliphatic hydroxyl groups is 1. The first kappa shape index (κ1) is 13.8. The molecular weight excluding hydrogens is 250 g/mol. The predicted octanol–water partition coefficient (Wildman–Crippen LogP) is 2.10. The van der Waals surface area contributed by atoms with Crippen molar-refractivity contribution in [2.75, 3.05) is 19.8 Å². The predicted molar refractivity (Wildman–Crippen MR) is 72.9 cm³/mol. The van der Waals surface area contributed by atoms with Gasteiger partial charge in [-0.15, -0.1) is 0 Å². The highest BCUT2D eigenvalue weighted by Gasteiger charge is 2.35. The van der Waals surface area contributed by atoms with Crippen molar-refractivity contribution >= 4 is 11.6 Å². The molecule has 18 heavy (non-hydrogen) atoms. The fourth-order valence-corrected chi connectivity index (χ4v) is 2.95. The van der Waals surface area contributed by atoms with Gasteiger partial charge >= 0.3 is 0 Å². The third-order valence-corrected chi connectivity index (χ3v) is 4.01. The molecule has 0 bridgehead atoms. The monoisotopic (exact) mass is 269 g/mol. The van der Waals surface area contributed by atoms with E-state index in [0.29, 0.717) is 0 Å². The molecule has 1 unspecified atom stereocenters. The highest BCUT2D eigenvalue weighted by molar-refractivity contribution is 6.30. The van der Waals surface area contributed by atoms with Crippen molar-refractivity contribution in [1.82, 2.24) is 0 Å². The van der Waals surface area contributed by atoms with E-state index in [-0.39, 0.29) is 18.1 Å². The summed E-state index contributed by atoms with van der Waals surface area (Å²) in [4.78, 5) is 0. The zero-order valence-corrected chi connectivity index (χ0v) is 11.2. The first-order valence-electron chi connectivity index (χ1n) is 6.36. The minimum Gasteiger partial charge on any atom is -0.395 e. The zero-order chi connectivity index (χ0) is 13.0. The molecule has 4 heteroatoms. The van der Waals surface area contributed by atoms with E-state index in [1.54, 1.807) is 0 Å². The Morgan fingerprint density at radius 3 is 2.72 bits per heavy atom. The van der Waals surface area contributed by atoms with Crippen LogP contribution in [-0.4, -0.2) is 31.0 Å². The molecule has 1 aliphatic rings. The molecule has 1 aromatic carbocycles. The summed E-state index contributed by atoms with van der Waals surface area (Å²) < 4.78 is 5.46. The second kappa shape index (κ2) is 6.02. The van der Waals surface area contributed by atoms with E-state index in [1.807, 2.05) is 18.2 Å². The molecule has 2 rings (SSSR count). The quantitative estimate of drug-likeness (QED) is 0.880. The molecule has 1 fully saturated rings. The molecule has 1 heterocycles. The van der Waals surface area contributed by atoms with Gasteiger partial charge in [0, 0.05) is 29.7 Å². The average molecular weight is 270 g/mol. The van der Waals surface area contributed by atoms with Gasteiger partial charge in [0.05, 0.1) is 6.61 Å². The van der Waals surface area contributed by atoms with Crippen molar-refractivity contribution < 1.29 is 9.84 Å². The van der Waals surface area contributed by atoms with Crippen LogP contribution in [0, 0.1) is 0 Å². The maximum atomic E-state index is 9.20. The smallest absolute Gasteiger partial charge is 0.0582 e. The molecule has 0 spiro atoms. The number of halogens is 1. The van der Waals surface area contributed by atoms with Crippen LogP contribution in [0.25, 0.3) is 0 Å². The molecule has 100 valence electrons. The number of benzene rings is 1. The van der Waals surface area contributed by atoms with Crippen molar-refractivity contribution in [3.63, 3.8) is 0 Å². The molecule has 3 N–H and O–H groups in total. The van der Waals surface area contributed by atoms with Crippen LogP contribution in [0.3, 0.4) is 0 Å². The average Bonchev–Trinajstić information content (AvgIpc) is 2.39. The SMILES string of the molecule is NC(CO)CC1(c2cccc(Cl)c2)CCOCC1. The second-order valence-corrected chi connectivity index (χ2v) is 5.49. The molecule has 0 amide bonds. The van der Waals surface area contributed by atoms with Crippen molar-refractivity contribution in [2.45, 2.75) is 30.7 Å². The molecule has 1 aliphatic heterocycles. The zero-order valence-electron chi connectivity index (χ0n) is 10.4. The summed E-state index contributed by atoms with van der Waals surface area (Å²) in [5.74, 6) is 0. The Morgan fingerprint density at radius 2 is 2.11 bits per heavy atom. The molecule has 1 saturated heterocycles. The number of aliphatic hydroxyl groups excluding tert-OH is 1. The minimum absolute atomic E-state index is 0.00863. The van der Waals surface area contributed by atoms with Crippen LogP contribution in [0.15, 0.2) is 24.3 Å². The standard InChI is InChI=1S/C14H20ClNO2/c15-12-3-1-2-11(8-12)14(9-13(16)10-17)4-6-18-7-5-14/h1-3,8,13,17H,4-7,9-10,16H2. The van der Waals surface area contributed by atoms with E-state index in [9.17, 15) is 5.11 Å². The fraction of sp³-hybridized carbons (Fsp3) is 0.571. The Kier molecular flexibility index (Phi) is 4.62. The summed E-state index contributed by atoms with van der Waals surface area (Å²) in [7, 11) is 0. The van der Waals surface area contributed by atoms with E-state index < -0.39 is 0 Å². The van der Waals surface area contributed by atoms with Crippen LogP contribution in [-0.2, 0) is 10.2 Å². The molecular formula is C14H20ClNO2. The lowest BCUT2D eigenvalue weighted by Gasteiger charge is -2.39. The molecule has 0 saturated carbocycles. The second-order valence-electron chi connectivity index (χ2n) is 5.05. The Balaban J connectivity index is 2.28. The lowest BCUT2D eigenvalue weighted by molar-refractivity contribution is 0.0416. The number of nitrogens with two attached hydrogens (primary N) is 1. The third-order valence-electron chi connectivity index (χ3n) is 3.77. The largest absolute Gasteiger partial charge is 0.395 e. The van der Waals surface area contributed by atoms with Crippen molar-refractivity contribution in [2.24, 2.45) is 5.73 Å². The normalized spacial score (nSPS) is 20.6. The van der Waals surface area contributed by atoms with Crippen LogP contribution in [0.1, 0.15) is 24.8 Å². The number of hydrogen-bond acceptors (Lipinski definition) is 3. The van der Waals surface area contributed by atoms with Gasteiger partial charge < -0.3 is 15.6 Å². The van der Waals surface area contributed by atoms with Gasteiger partial charge in [0.25, 0.3) is 0 Å². The maximum Gasteiger partial charge on any atom is 0.0582 e. The number of ether oxygens (including phenoxy) is 1. The molecule has 1 atom stereocenters. The van der Waals surface area contributed by atoms with Crippen LogP contribution in [0.5, 0.6) is 0 Å². The van der Waals surface area contributed by atoms with Crippen LogP contribution in [0.2, 0.25) is 5.02 Å². The van der Waals surface area contributed by atoms with E-state index in [0.717, 1.165) is 37.5 Å². The maximum absolute atomic E-state index is 9.20. The van der Waals surface area contributed by atoms with Gasteiger partial charge in [-0.2, -0.15) is 0 Å². The van der Waals surface area contributed by atoms with E-state index in [1.165, 1.54) is 5.56 Å². The Morgan fingerprint density at radius 1 is 1.39 bits per heavy atom. The summed E-state index contributed by atoms with van der Waals surface area (Å²) in [5, 5.41) is 9.95. The van der Waals surface area contributed by atoms with E-state index in [2.05, 4.69) is 6.07 Å². The van der Waals surface area contributed by atoms with Crippen molar-refractivity contribution in [1.29, 1.82) is 0 Å². The Bertz CT molecular complexity index is 391. The van der Waals surface area contributed by atoms with E-state index >= 15 is 0 Å². The van der Waals surface area contributed by atoms with Gasteiger partial charge in [-0.25, -0.2) is 0 Å². The molecule has 0 aliphatic carbocycles. The summed E-state index contributed by atoms with van der Waals surface area (Å²) in [6.45, 7) is 1.50. The first-order chi connectivity index (χ1) is 8.66. The summed E-state index contributed by atoms with van der Waals surface area (Å²) >= 11 is 6.08. The summed E-state index contributed by atoms with van der Waals surface area (Å²) in [5.41, 5.74) is 7.14. The van der Waals surface area contributed by atoms with Crippen molar-refractivity contribution in [3.8, 4) is 0 Å².